The van der Waals surface area contributed by atoms with Gasteiger partial charge >= 0.3 is 0 Å². The lowest BCUT2D eigenvalue weighted by Crippen LogP contribution is -2.78. The van der Waals surface area contributed by atoms with E-state index in [0.29, 0.717) is 0 Å². The van der Waals surface area contributed by atoms with Crippen molar-refractivity contribution in [1.82, 2.24) is 9.80 Å². The minimum atomic E-state index is -0.803. The fourth-order valence-corrected chi connectivity index (χ4v) is 8.93. The van der Waals surface area contributed by atoms with Gasteiger partial charge in [0.2, 0.25) is 5.91 Å². The van der Waals surface area contributed by atoms with Gasteiger partial charge in [-0.2, -0.15) is 0 Å². The first kappa shape index (κ1) is 21.1. The summed E-state index contributed by atoms with van der Waals surface area (Å²) in [6, 6.07) is 4.43. The molecule has 1 N–H and O–H groups in total. The number of hydrogen-bond acceptors (Lipinski definition) is 5. The lowest BCUT2D eigenvalue weighted by molar-refractivity contribution is -0.218. The van der Waals surface area contributed by atoms with E-state index in [-0.39, 0.29) is 23.5 Å². The Morgan fingerprint density at radius 2 is 2.06 bits per heavy atom. The van der Waals surface area contributed by atoms with E-state index in [1.165, 1.54) is 29.5 Å². The predicted molar refractivity (Wildman–Crippen MR) is 131 cm³/mol. The molecule has 2 bridgehead atoms. The van der Waals surface area contributed by atoms with E-state index < -0.39 is 11.0 Å². The van der Waals surface area contributed by atoms with Crippen LogP contribution in [-0.2, 0) is 16.6 Å². The summed E-state index contributed by atoms with van der Waals surface area (Å²) < 4.78 is 12.8. The van der Waals surface area contributed by atoms with Gasteiger partial charge in [-0.3, -0.25) is 9.69 Å². The normalized spacial score (nSPS) is 41.8. The maximum Gasteiger partial charge on any atom is 0.246 e. The molecule has 3 aliphatic heterocycles. The van der Waals surface area contributed by atoms with Gasteiger partial charge in [0.05, 0.1) is 18.1 Å². The van der Waals surface area contributed by atoms with Crippen molar-refractivity contribution >= 4 is 5.91 Å². The molecule has 1 aromatic carbocycles. The molecule has 7 aliphatic rings. The van der Waals surface area contributed by atoms with E-state index in [1.807, 2.05) is 11.0 Å². The SMILES string of the molecule is COc1ccc2c3c1O[C@H]1[C@@]4(CC/C4=C\C(=O)N4CCC4)CC[C@@]4(O)[C@H](C2)N(CC2CC2)CC[C@]314. The second-order valence-corrected chi connectivity index (χ2v) is 12.4. The van der Waals surface area contributed by atoms with Crippen LogP contribution < -0.4 is 9.47 Å². The molecule has 2 saturated heterocycles. The maximum absolute atomic E-state index is 13.0. The highest BCUT2D eigenvalue weighted by atomic mass is 16.5. The number of ether oxygens (including phenoxy) is 2. The first-order valence-electron chi connectivity index (χ1n) is 13.8. The molecule has 1 aromatic rings. The molecule has 5 fully saturated rings. The van der Waals surface area contributed by atoms with Crippen LogP contribution in [0.3, 0.4) is 0 Å². The van der Waals surface area contributed by atoms with Crippen LogP contribution in [0.5, 0.6) is 11.5 Å². The average molecular weight is 477 g/mol. The Balaban J connectivity index is 1.27. The van der Waals surface area contributed by atoms with Gasteiger partial charge in [0.25, 0.3) is 0 Å². The molecular weight excluding hydrogens is 440 g/mol. The zero-order valence-corrected chi connectivity index (χ0v) is 20.7. The maximum atomic E-state index is 13.0. The lowest BCUT2D eigenvalue weighted by Gasteiger charge is -2.68. The molecule has 1 amide bonds. The minimum absolute atomic E-state index is 0.131. The molecule has 186 valence electrons. The summed E-state index contributed by atoms with van der Waals surface area (Å²) in [5.41, 5.74) is 2.43. The third-order valence-corrected chi connectivity index (χ3v) is 11.1. The number of aliphatic hydroxyl groups is 1. The van der Waals surface area contributed by atoms with Crippen LogP contribution in [0.15, 0.2) is 23.8 Å². The van der Waals surface area contributed by atoms with Gasteiger partial charge in [-0.25, -0.2) is 0 Å². The Hall–Kier alpha value is -2.05. The highest BCUT2D eigenvalue weighted by molar-refractivity contribution is 5.89. The summed E-state index contributed by atoms with van der Waals surface area (Å²) in [6.07, 6.45) is 11.1. The average Bonchev–Trinajstić information content (AvgIpc) is 3.55. The van der Waals surface area contributed by atoms with E-state index >= 15 is 0 Å². The predicted octanol–water partition coefficient (Wildman–Crippen LogP) is 3.20. The fraction of sp³-hybridized carbons (Fsp3) is 0.690. The summed E-state index contributed by atoms with van der Waals surface area (Å²) in [5, 5.41) is 12.8. The van der Waals surface area contributed by atoms with Crippen LogP contribution in [0.1, 0.15) is 62.5 Å². The molecule has 3 heterocycles. The zero-order chi connectivity index (χ0) is 23.6. The number of methoxy groups -OCH3 is 1. The zero-order valence-electron chi connectivity index (χ0n) is 20.7. The third kappa shape index (κ3) is 2.46. The largest absolute Gasteiger partial charge is 0.493 e. The molecule has 3 saturated carbocycles. The number of piperidine rings is 1. The molecule has 6 heteroatoms. The fourth-order valence-electron chi connectivity index (χ4n) is 8.93. The molecule has 5 atom stereocenters. The number of amides is 1. The Morgan fingerprint density at radius 1 is 1.20 bits per heavy atom. The van der Waals surface area contributed by atoms with Crippen molar-refractivity contribution in [2.24, 2.45) is 11.3 Å². The van der Waals surface area contributed by atoms with Crippen molar-refractivity contribution in [1.29, 1.82) is 0 Å². The highest BCUT2D eigenvalue weighted by Crippen LogP contribution is 2.73. The van der Waals surface area contributed by atoms with Crippen molar-refractivity contribution in [3.05, 3.63) is 34.9 Å². The van der Waals surface area contributed by atoms with Gasteiger partial charge in [0, 0.05) is 42.7 Å². The number of nitrogens with zero attached hydrogens (tertiary/aromatic N) is 2. The molecule has 0 unspecified atom stereocenters. The number of fused-ring (bicyclic) bond motifs is 1. The van der Waals surface area contributed by atoms with Crippen LogP contribution in [0.25, 0.3) is 0 Å². The van der Waals surface area contributed by atoms with Gasteiger partial charge < -0.3 is 19.5 Å². The summed E-state index contributed by atoms with van der Waals surface area (Å²) in [7, 11) is 1.72. The smallest absolute Gasteiger partial charge is 0.246 e. The molecule has 35 heavy (non-hydrogen) atoms. The highest BCUT2D eigenvalue weighted by Gasteiger charge is 2.77. The molecule has 8 rings (SSSR count). The van der Waals surface area contributed by atoms with E-state index in [0.717, 1.165) is 88.5 Å². The number of rotatable bonds is 4. The van der Waals surface area contributed by atoms with Crippen LogP contribution in [0.2, 0.25) is 0 Å². The first-order chi connectivity index (χ1) is 17.0. The number of likely N-dealkylation sites (tertiary alicyclic amines) is 2. The number of carbonyl (C=O) groups excluding carboxylic acids is 1. The third-order valence-electron chi connectivity index (χ3n) is 11.1. The second kappa shape index (κ2) is 6.83. The molecule has 0 radical (unpaired) electrons. The van der Waals surface area contributed by atoms with Crippen molar-refractivity contribution in [2.45, 2.75) is 80.9 Å². The number of hydrogen-bond donors (Lipinski definition) is 1. The van der Waals surface area contributed by atoms with Gasteiger partial charge in [-0.05, 0) is 81.9 Å². The second-order valence-electron chi connectivity index (χ2n) is 12.4. The van der Waals surface area contributed by atoms with Crippen molar-refractivity contribution in [3.8, 4) is 11.5 Å². The van der Waals surface area contributed by atoms with Gasteiger partial charge in [-0.15, -0.1) is 0 Å². The summed E-state index contributed by atoms with van der Waals surface area (Å²) in [4.78, 5) is 17.5. The van der Waals surface area contributed by atoms with Crippen LogP contribution in [0.4, 0.5) is 0 Å². The number of benzene rings is 1. The Labute approximate surface area is 207 Å². The molecular formula is C29H36N2O4. The summed E-state index contributed by atoms with van der Waals surface area (Å²) in [5.74, 6) is 2.62. The lowest BCUT2D eigenvalue weighted by atomic mass is 9.40. The van der Waals surface area contributed by atoms with Crippen molar-refractivity contribution in [2.75, 3.05) is 33.3 Å². The Kier molecular flexibility index (Phi) is 4.11. The van der Waals surface area contributed by atoms with E-state index in [2.05, 4.69) is 17.0 Å². The molecule has 2 spiro atoms. The van der Waals surface area contributed by atoms with E-state index in [4.69, 9.17) is 9.47 Å². The van der Waals surface area contributed by atoms with Gasteiger partial charge in [0.15, 0.2) is 11.5 Å². The minimum Gasteiger partial charge on any atom is -0.493 e. The van der Waals surface area contributed by atoms with Crippen molar-refractivity contribution in [3.63, 3.8) is 0 Å². The van der Waals surface area contributed by atoms with Gasteiger partial charge in [0.1, 0.15) is 6.10 Å². The quantitative estimate of drug-likeness (QED) is 0.677. The molecule has 0 aromatic heterocycles. The van der Waals surface area contributed by atoms with Crippen LogP contribution >= 0.6 is 0 Å². The topological polar surface area (TPSA) is 62.2 Å². The summed E-state index contributed by atoms with van der Waals surface area (Å²) >= 11 is 0. The van der Waals surface area contributed by atoms with E-state index in [1.54, 1.807) is 7.11 Å². The monoisotopic (exact) mass is 476 g/mol. The van der Waals surface area contributed by atoms with Crippen LogP contribution in [0, 0.1) is 11.3 Å². The Bertz CT molecular complexity index is 1160. The Morgan fingerprint density at radius 3 is 2.74 bits per heavy atom. The van der Waals surface area contributed by atoms with Crippen molar-refractivity contribution < 1.29 is 19.4 Å². The van der Waals surface area contributed by atoms with Crippen LogP contribution in [-0.4, -0.2) is 71.8 Å². The first-order valence-corrected chi connectivity index (χ1v) is 13.8. The van der Waals surface area contributed by atoms with E-state index in [9.17, 15) is 9.90 Å². The summed E-state index contributed by atoms with van der Waals surface area (Å²) in [6.45, 7) is 3.89. The molecule has 4 aliphatic carbocycles. The number of carbonyl (C=O) groups is 1. The van der Waals surface area contributed by atoms with Gasteiger partial charge in [-0.1, -0.05) is 11.6 Å². The standard InChI is InChI=1S/C29H36N2O4/c1-34-21-6-5-19-15-22-29(33)10-9-27(8-7-20(27)16-23(32)30-12-2-13-30)26-28(29,24(19)25(21)35-26)11-14-31(22)17-18-3-4-18/h5-6,16,18,22,26,33H,2-4,7-15,17H2,1H3/b20-16+/t22-,26-,27-,28-,29+/m0/s1. The molecule has 6 nitrogen and oxygen atoms in total.